The van der Waals surface area contributed by atoms with Gasteiger partial charge in [0.15, 0.2) is 5.50 Å². The van der Waals surface area contributed by atoms with Gasteiger partial charge in [0.2, 0.25) is 0 Å². The quantitative estimate of drug-likeness (QED) is 0.851. The molecule has 4 heteroatoms. The van der Waals surface area contributed by atoms with Crippen molar-refractivity contribution in [1.82, 2.24) is 10.2 Å². The highest BCUT2D eigenvalue weighted by Crippen LogP contribution is 2.32. The highest BCUT2D eigenvalue weighted by Gasteiger charge is 2.25. The van der Waals surface area contributed by atoms with E-state index in [1.807, 2.05) is 0 Å². The summed E-state index contributed by atoms with van der Waals surface area (Å²) in [5, 5.41) is 5.56. The molecule has 15 heavy (non-hydrogen) atoms. The Kier molecular flexibility index (Phi) is 2.25. The van der Waals surface area contributed by atoms with E-state index < -0.39 is 0 Å². The Bertz CT molecular complexity index is 438. The maximum absolute atomic E-state index is 3.46. The van der Waals surface area contributed by atoms with Gasteiger partial charge in [0.05, 0.1) is 5.70 Å². The minimum atomic E-state index is 0.351. The van der Waals surface area contributed by atoms with Crippen molar-refractivity contribution >= 4 is 33.4 Å². The molecule has 1 aromatic rings. The zero-order chi connectivity index (χ0) is 10.3. The van der Waals surface area contributed by atoms with Crippen molar-refractivity contribution in [3.8, 4) is 0 Å². The molecule has 0 amide bonds. The molecule has 0 spiro atoms. The van der Waals surface area contributed by atoms with Gasteiger partial charge in [-0.05, 0) is 23.1 Å². The first kappa shape index (κ1) is 9.36. The Labute approximate surface area is 101 Å². The summed E-state index contributed by atoms with van der Waals surface area (Å²) in [4.78, 5) is 2.18. The fourth-order valence-corrected chi connectivity index (χ4v) is 2.74. The van der Waals surface area contributed by atoms with Crippen molar-refractivity contribution in [2.75, 3.05) is 0 Å². The third-order valence-electron chi connectivity index (χ3n) is 2.42. The third-order valence-corrected chi connectivity index (χ3v) is 3.85. The second-order valence-electron chi connectivity index (χ2n) is 3.41. The molecule has 0 aliphatic carbocycles. The van der Waals surface area contributed by atoms with Gasteiger partial charge in [0, 0.05) is 16.9 Å². The molecule has 0 aromatic heterocycles. The van der Waals surface area contributed by atoms with Crippen molar-refractivity contribution in [1.29, 1.82) is 0 Å². The summed E-state index contributed by atoms with van der Waals surface area (Å²) in [6.07, 6.45) is 4.23. The van der Waals surface area contributed by atoms with E-state index in [2.05, 4.69) is 68.2 Å². The third kappa shape index (κ3) is 1.68. The first-order chi connectivity index (χ1) is 7.33. The molecule has 0 radical (unpaired) electrons. The van der Waals surface area contributed by atoms with Gasteiger partial charge in [-0.2, -0.15) is 0 Å². The van der Waals surface area contributed by atoms with Crippen molar-refractivity contribution in [2.45, 2.75) is 5.50 Å². The van der Waals surface area contributed by atoms with Gasteiger partial charge in [0.1, 0.15) is 0 Å². The molecule has 0 saturated heterocycles. The molecule has 1 unspecified atom stereocenters. The molecule has 0 saturated carbocycles. The lowest BCUT2D eigenvalue weighted by atomic mass is 10.2. The number of nitrogens with zero attached hydrogens (tertiary/aromatic N) is 1. The first-order valence-electron chi connectivity index (χ1n) is 4.67. The van der Waals surface area contributed by atoms with E-state index in [4.69, 9.17) is 0 Å². The molecule has 1 N–H and O–H groups in total. The summed E-state index contributed by atoms with van der Waals surface area (Å²) in [7, 11) is 0. The first-order valence-corrected chi connectivity index (χ1v) is 6.40. The molecule has 3 rings (SSSR count). The SMILES string of the molecule is Brc1ccc(C2=CN3C=CSC3N2)cc1. The van der Waals surface area contributed by atoms with Crippen LogP contribution in [0.15, 0.2) is 46.5 Å². The molecule has 0 fully saturated rings. The topological polar surface area (TPSA) is 15.3 Å². The summed E-state index contributed by atoms with van der Waals surface area (Å²) in [5.41, 5.74) is 2.76. The van der Waals surface area contributed by atoms with E-state index in [-0.39, 0.29) is 0 Å². The van der Waals surface area contributed by atoms with Gasteiger partial charge in [-0.15, -0.1) is 0 Å². The Morgan fingerprint density at radius 2 is 2.07 bits per heavy atom. The van der Waals surface area contributed by atoms with Crippen LogP contribution in [0.1, 0.15) is 5.56 Å². The van der Waals surface area contributed by atoms with Crippen LogP contribution in [0.5, 0.6) is 0 Å². The second kappa shape index (κ2) is 3.61. The van der Waals surface area contributed by atoms with E-state index in [0.29, 0.717) is 5.50 Å². The van der Waals surface area contributed by atoms with E-state index in [0.717, 1.165) is 4.47 Å². The Hall–Kier alpha value is -0.870. The van der Waals surface area contributed by atoms with Crippen LogP contribution in [0, 0.1) is 0 Å². The molecule has 1 atom stereocenters. The smallest absolute Gasteiger partial charge is 0.155 e. The molecule has 1 aromatic carbocycles. The average Bonchev–Trinajstić information content (AvgIpc) is 2.78. The van der Waals surface area contributed by atoms with Crippen LogP contribution in [0.25, 0.3) is 5.70 Å². The number of hydrogen-bond acceptors (Lipinski definition) is 3. The number of nitrogens with one attached hydrogen (secondary N) is 1. The van der Waals surface area contributed by atoms with Crippen molar-refractivity contribution in [3.63, 3.8) is 0 Å². The highest BCUT2D eigenvalue weighted by molar-refractivity contribution is 9.10. The van der Waals surface area contributed by atoms with E-state index in [1.54, 1.807) is 11.8 Å². The minimum Gasteiger partial charge on any atom is -0.355 e. The molecule has 2 aliphatic rings. The number of thioether (sulfide) groups is 1. The minimum absolute atomic E-state index is 0.351. The fraction of sp³-hybridized carbons (Fsp3) is 0.0909. The number of halogens is 1. The molecule has 2 aliphatic heterocycles. The second-order valence-corrected chi connectivity index (χ2v) is 5.32. The van der Waals surface area contributed by atoms with Gasteiger partial charge in [-0.25, -0.2) is 0 Å². The van der Waals surface area contributed by atoms with Gasteiger partial charge in [0.25, 0.3) is 0 Å². The van der Waals surface area contributed by atoms with Crippen LogP contribution >= 0.6 is 27.7 Å². The van der Waals surface area contributed by atoms with Crippen LogP contribution in [0.4, 0.5) is 0 Å². The Balaban J connectivity index is 1.90. The predicted molar refractivity (Wildman–Crippen MR) is 67.6 cm³/mol. The number of rotatable bonds is 1. The zero-order valence-corrected chi connectivity index (χ0v) is 10.3. The van der Waals surface area contributed by atoms with Gasteiger partial charge in [-0.1, -0.05) is 39.8 Å². The van der Waals surface area contributed by atoms with Gasteiger partial charge >= 0.3 is 0 Å². The maximum atomic E-state index is 3.46. The summed E-state index contributed by atoms with van der Waals surface area (Å²) in [6, 6.07) is 8.34. The monoisotopic (exact) mass is 280 g/mol. The Morgan fingerprint density at radius 3 is 2.80 bits per heavy atom. The fourth-order valence-electron chi connectivity index (χ4n) is 1.65. The highest BCUT2D eigenvalue weighted by atomic mass is 79.9. The van der Waals surface area contributed by atoms with Crippen molar-refractivity contribution in [3.05, 3.63) is 52.1 Å². The maximum Gasteiger partial charge on any atom is 0.155 e. The molecule has 0 bridgehead atoms. The summed E-state index contributed by atoms with van der Waals surface area (Å²) < 4.78 is 1.11. The predicted octanol–water partition coefficient (Wildman–Crippen LogP) is 3.15. The molecule has 2 heterocycles. The molecular formula is C11H9BrN2S. The lowest BCUT2D eigenvalue weighted by Crippen LogP contribution is -2.25. The average molecular weight is 281 g/mol. The normalized spacial score (nSPS) is 22.6. The van der Waals surface area contributed by atoms with Crippen LogP contribution in [-0.4, -0.2) is 10.4 Å². The summed E-state index contributed by atoms with van der Waals surface area (Å²) in [6.45, 7) is 0. The van der Waals surface area contributed by atoms with Crippen molar-refractivity contribution < 1.29 is 0 Å². The molecule has 76 valence electrons. The zero-order valence-electron chi connectivity index (χ0n) is 7.85. The van der Waals surface area contributed by atoms with Gasteiger partial charge in [-0.3, -0.25) is 0 Å². The van der Waals surface area contributed by atoms with Crippen LogP contribution in [-0.2, 0) is 0 Å². The van der Waals surface area contributed by atoms with E-state index in [1.165, 1.54) is 11.3 Å². The van der Waals surface area contributed by atoms with Crippen LogP contribution < -0.4 is 5.32 Å². The number of fused-ring (bicyclic) bond motifs is 1. The number of hydrogen-bond donors (Lipinski definition) is 1. The van der Waals surface area contributed by atoms with Crippen molar-refractivity contribution in [2.24, 2.45) is 0 Å². The van der Waals surface area contributed by atoms with Crippen LogP contribution in [0.2, 0.25) is 0 Å². The van der Waals surface area contributed by atoms with Crippen LogP contribution in [0.3, 0.4) is 0 Å². The Morgan fingerprint density at radius 1 is 1.27 bits per heavy atom. The van der Waals surface area contributed by atoms with E-state index >= 15 is 0 Å². The summed E-state index contributed by atoms with van der Waals surface area (Å²) in [5.74, 6) is 0. The molecule has 2 nitrogen and oxygen atoms in total. The number of benzene rings is 1. The lowest BCUT2D eigenvalue weighted by molar-refractivity contribution is 0.494. The van der Waals surface area contributed by atoms with Gasteiger partial charge < -0.3 is 10.2 Å². The summed E-state index contributed by atoms with van der Waals surface area (Å²) >= 11 is 5.22. The lowest BCUT2D eigenvalue weighted by Gasteiger charge is -2.13. The largest absolute Gasteiger partial charge is 0.355 e. The van der Waals surface area contributed by atoms with E-state index in [9.17, 15) is 0 Å². The standard InChI is InChI=1S/C11H9BrN2S/c12-9-3-1-8(2-4-9)10-7-14-5-6-15-11(14)13-10/h1-7,11,13H. The molecular weight excluding hydrogens is 272 g/mol.